The Bertz CT molecular complexity index is 398. The van der Waals surface area contributed by atoms with Gasteiger partial charge in [-0.1, -0.05) is 13.0 Å². The van der Waals surface area contributed by atoms with Crippen LogP contribution in [-0.2, 0) is 6.42 Å². The minimum atomic E-state index is 0.562. The molecule has 0 amide bonds. The molecule has 1 fully saturated rings. The molecule has 1 unspecified atom stereocenters. The molecule has 17 heavy (non-hydrogen) atoms. The minimum Gasteiger partial charge on any atom is -0.493 e. The highest BCUT2D eigenvalue weighted by molar-refractivity contribution is 5.40. The van der Waals surface area contributed by atoms with E-state index in [4.69, 9.17) is 4.74 Å². The maximum atomic E-state index is 5.83. The predicted octanol–water partition coefficient (Wildman–Crippen LogP) is 3.07. The maximum absolute atomic E-state index is 5.83. The van der Waals surface area contributed by atoms with Crippen molar-refractivity contribution in [1.82, 2.24) is 5.32 Å². The summed E-state index contributed by atoms with van der Waals surface area (Å²) in [6, 6.07) is 7.19. The van der Waals surface area contributed by atoms with Gasteiger partial charge in [-0.25, -0.2) is 0 Å². The van der Waals surface area contributed by atoms with Gasteiger partial charge < -0.3 is 10.1 Å². The number of fused-ring (bicyclic) bond motifs is 1. The topological polar surface area (TPSA) is 21.3 Å². The van der Waals surface area contributed by atoms with Crippen molar-refractivity contribution in [2.75, 3.05) is 13.2 Å². The Morgan fingerprint density at radius 3 is 2.94 bits per heavy atom. The van der Waals surface area contributed by atoms with E-state index in [2.05, 4.69) is 30.4 Å². The van der Waals surface area contributed by atoms with Crippen LogP contribution in [0.15, 0.2) is 18.2 Å². The third-order valence-electron chi connectivity index (χ3n) is 3.83. The molecule has 3 rings (SSSR count). The average molecular weight is 231 g/mol. The number of hydrogen-bond donors (Lipinski definition) is 1. The molecule has 1 aromatic rings. The Kier molecular flexibility index (Phi) is 3.06. The number of rotatable bonds is 5. The highest BCUT2D eigenvalue weighted by Gasteiger charge is 2.24. The summed E-state index contributed by atoms with van der Waals surface area (Å²) in [5, 5.41) is 3.54. The summed E-state index contributed by atoms with van der Waals surface area (Å²) < 4.78 is 5.83. The molecule has 0 saturated heterocycles. The molecule has 0 aromatic heterocycles. The van der Waals surface area contributed by atoms with Crippen molar-refractivity contribution in [3.63, 3.8) is 0 Å². The summed E-state index contributed by atoms with van der Waals surface area (Å²) in [6.07, 6.45) is 5.13. The number of ether oxygens (including phenoxy) is 1. The van der Waals surface area contributed by atoms with Crippen LogP contribution in [0.3, 0.4) is 0 Å². The molecule has 0 radical (unpaired) electrons. The van der Waals surface area contributed by atoms with Crippen molar-refractivity contribution in [2.45, 2.75) is 38.6 Å². The fraction of sp³-hybridized carbons (Fsp3) is 0.600. The van der Waals surface area contributed by atoms with Crippen molar-refractivity contribution in [3.05, 3.63) is 29.3 Å². The van der Waals surface area contributed by atoms with Gasteiger partial charge in [-0.15, -0.1) is 0 Å². The second-order valence-corrected chi connectivity index (χ2v) is 5.26. The van der Waals surface area contributed by atoms with Gasteiger partial charge in [-0.3, -0.25) is 0 Å². The van der Waals surface area contributed by atoms with E-state index >= 15 is 0 Å². The summed E-state index contributed by atoms with van der Waals surface area (Å²) in [5.41, 5.74) is 2.95. The Morgan fingerprint density at radius 1 is 1.29 bits per heavy atom. The first kappa shape index (κ1) is 11.1. The lowest BCUT2D eigenvalue weighted by molar-refractivity contribution is 0.299. The molecule has 1 saturated carbocycles. The van der Waals surface area contributed by atoms with E-state index < -0.39 is 0 Å². The maximum Gasteiger partial charge on any atom is 0.119 e. The van der Waals surface area contributed by atoms with Crippen LogP contribution >= 0.6 is 0 Å². The molecule has 2 nitrogen and oxygen atoms in total. The van der Waals surface area contributed by atoms with E-state index in [-0.39, 0.29) is 0 Å². The van der Waals surface area contributed by atoms with Crippen LogP contribution in [0.5, 0.6) is 5.75 Å². The molecule has 0 heterocycles. The van der Waals surface area contributed by atoms with E-state index in [0.717, 1.165) is 24.8 Å². The molecule has 0 bridgehead atoms. The van der Waals surface area contributed by atoms with Crippen LogP contribution in [0.2, 0.25) is 0 Å². The highest BCUT2D eigenvalue weighted by atomic mass is 16.5. The standard InChI is InChI=1S/C15H21NO/c1-2-16-15-8-5-12-9-13(6-7-14(12)15)17-10-11-3-4-11/h6-7,9,11,15-16H,2-5,8,10H2,1H3. The first-order valence-electron chi connectivity index (χ1n) is 6.86. The molecular weight excluding hydrogens is 210 g/mol. The van der Waals surface area contributed by atoms with Crippen LogP contribution in [0.4, 0.5) is 0 Å². The number of hydrogen-bond acceptors (Lipinski definition) is 2. The molecule has 2 aliphatic rings. The van der Waals surface area contributed by atoms with Crippen molar-refractivity contribution in [1.29, 1.82) is 0 Å². The first-order chi connectivity index (χ1) is 8.36. The Balaban J connectivity index is 1.68. The van der Waals surface area contributed by atoms with E-state index in [1.807, 2.05) is 0 Å². The van der Waals surface area contributed by atoms with Gasteiger partial charge in [0.2, 0.25) is 0 Å². The molecule has 2 heteroatoms. The zero-order valence-corrected chi connectivity index (χ0v) is 10.5. The van der Waals surface area contributed by atoms with E-state index in [1.54, 1.807) is 0 Å². The summed E-state index contributed by atoms with van der Waals surface area (Å²) >= 11 is 0. The molecule has 2 aliphatic carbocycles. The smallest absolute Gasteiger partial charge is 0.119 e. The van der Waals surface area contributed by atoms with Crippen LogP contribution in [0, 0.1) is 5.92 Å². The molecule has 0 spiro atoms. The second kappa shape index (κ2) is 4.69. The lowest BCUT2D eigenvalue weighted by Gasteiger charge is -2.13. The van der Waals surface area contributed by atoms with E-state index in [0.29, 0.717) is 6.04 Å². The molecular formula is C15H21NO. The number of aryl methyl sites for hydroxylation is 1. The van der Waals surface area contributed by atoms with Gasteiger partial charge in [0.1, 0.15) is 5.75 Å². The van der Waals surface area contributed by atoms with Gasteiger partial charge in [0.15, 0.2) is 0 Å². The molecule has 1 N–H and O–H groups in total. The van der Waals surface area contributed by atoms with Crippen molar-refractivity contribution in [2.24, 2.45) is 5.92 Å². The van der Waals surface area contributed by atoms with Crippen molar-refractivity contribution in [3.8, 4) is 5.75 Å². The fourth-order valence-corrected chi connectivity index (χ4v) is 2.64. The van der Waals surface area contributed by atoms with Gasteiger partial charge in [0.05, 0.1) is 6.61 Å². The summed E-state index contributed by atoms with van der Waals surface area (Å²) in [4.78, 5) is 0. The lowest BCUT2D eigenvalue weighted by Crippen LogP contribution is -2.18. The quantitative estimate of drug-likeness (QED) is 0.841. The minimum absolute atomic E-state index is 0.562. The van der Waals surface area contributed by atoms with Crippen molar-refractivity contribution < 1.29 is 4.74 Å². The zero-order chi connectivity index (χ0) is 11.7. The third kappa shape index (κ3) is 2.47. The predicted molar refractivity (Wildman–Crippen MR) is 69.4 cm³/mol. The van der Waals surface area contributed by atoms with Gasteiger partial charge in [-0.2, -0.15) is 0 Å². The summed E-state index contributed by atoms with van der Waals surface area (Å²) in [5.74, 6) is 1.89. The number of nitrogens with one attached hydrogen (secondary N) is 1. The van der Waals surface area contributed by atoms with Gasteiger partial charge >= 0.3 is 0 Å². The van der Waals surface area contributed by atoms with Gasteiger partial charge in [0, 0.05) is 6.04 Å². The van der Waals surface area contributed by atoms with Crippen LogP contribution < -0.4 is 10.1 Å². The van der Waals surface area contributed by atoms with Crippen molar-refractivity contribution >= 4 is 0 Å². The normalized spacial score (nSPS) is 22.5. The Hall–Kier alpha value is -1.02. The Morgan fingerprint density at radius 2 is 2.18 bits per heavy atom. The molecule has 1 aromatic carbocycles. The van der Waals surface area contributed by atoms with Gasteiger partial charge in [0.25, 0.3) is 0 Å². The lowest BCUT2D eigenvalue weighted by atomic mass is 10.1. The second-order valence-electron chi connectivity index (χ2n) is 5.26. The summed E-state index contributed by atoms with van der Waals surface area (Å²) in [6.45, 7) is 4.13. The van der Waals surface area contributed by atoms with Gasteiger partial charge in [-0.05, 0) is 61.4 Å². The van der Waals surface area contributed by atoms with E-state index in [1.165, 1.54) is 36.8 Å². The Labute approximate surface area is 103 Å². The van der Waals surface area contributed by atoms with E-state index in [9.17, 15) is 0 Å². The fourth-order valence-electron chi connectivity index (χ4n) is 2.64. The summed E-state index contributed by atoms with van der Waals surface area (Å²) in [7, 11) is 0. The third-order valence-corrected chi connectivity index (χ3v) is 3.83. The average Bonchev–Trinajstić information content (AvgIpc) is 3.10. The number of benzene rings is 1. The molecule has 1 atom stereocenters. The molecule has 92 valence electrons. The highest BCUT2D eigenvalue weighted by Crippen LogP contribution is 2.34. The SMILES string of the molecule is CCNC1CCc2cc(OCC3CC3)ccc21. The van der Waals surface area contributed by atoms with Crippen LogP contribution in [0.25, 0.3) is 0 Å². The zero-order valence-electron chi connectivity index (χ0n) is 10.5. The van der Waals surface area contributed by atoms with Crippen LogP contribution in [0.1, 0.15) is 43.4 Å². The first-order valence-corrected chi connectivity index (χ1v) is 6.86. The monoisotopic (exact) mass is 231 g/mol. The largest absolute Gasteiger partial charge is 0.493 e. The van der Waals surface area contributed by atoms with Crippen LogP contribution in [-0.4, -0.2) is 13.2 Å². The molecule has 0 aliphatic heterocycles.